The second kappa shape index (κ2) is 4.40. The molecule has 14 heavy (non-hydrogen) atoms. The summed E-state index contributed by atoms with van der Waals surface area (Å²) in [5.41, 5.74) is 2.30. The van der Waals surface area contributed by atoms with Crippen LogP contribution in [0, 0.1) is 0 Å². The number of methoxy groups -OCH3 is 1. The van der Waals surface area contributed by atoms with Crippen LogP contribution in [-0.4, -0.2) is 17.1 Å². The van der Waals surface area contributed by atoms with Crippen molar-refractivity contribution in [3.05, 3.63) is 17.5 Å². The molecule has 0 aliphatic rings. The summed E-state index contributed by atoms with van der Waals surface area (Å²) in [5.74, 6) is 0.864. The number of ether oxygens (including phenoxy) is 1. The highest BCUT2D eigenvalue weighted by Crippen LogP contribution is 2.24. The molecule has 0 fully saturated rings. The maximum Gasteiger partial charge on any atom is 0.316 e. The Labute approximate surface area is 85.5 Å². The fourth-order valence-corrected chi connectivity index (χ4v) is 1.39. The van der Waals surface area contributed by atoms with Gasteiger partial charge in [0.2, 0.25) is 0 Å². The standard InChI is InChI=1S/C11H18N2O/c1-7(2)9-6-12-11(14-5)13-10(9)8(3)4/h6-8H,1-5H3. The van der Waals surface area contributed by atoms with E-state index in [-0.39, 0.29) is 0 Å². The number of aromatic nitrogens is 2. The molecule has 0 aliphatic heterocycles. The third-order valence-corrected chi connectivity index (χ3v) is 2.18. The fourth-order valence-electron chi connectivity index (χ4n) is 1.39. The first-order chi connectivity index (χ1) is 6.56. The summed E-state index contributed by atoms with van der Waals surface area (Å²) in [6, 6.07) is 0.457. The van der Waals surface area contributed by atoms with Crippen LogP contribution >= 0.6 is 0 Å². The molecule has 3 nitrogen and oxygen atoms in total. The Morgan fingerprint density at radius 3 is 2.21 bits per heavy atom. The molecule has 0 bridgehead atoms. The summed E-state index contributed by atoms with van der Waals surface area (Å²) < 4.78 is 5.02. The van der Waals surface area contributed by atoms with E-state index < -0.39 is 0 Å². The van der Waals surface area contributed by atoms with E-state index in [2.05, 4.69) is 37.7 Å². The highest BCUT2D eigenvalue weighted by molar-refractivity contribution is 5.25. The molecule has 3 heteroatoms. The molecular weight excluding hydrogens is 176 g/mol. The fraction of sp³-hybridized carbons (Fsp3) is 0.636. The normalized spacial score (nSPS) is 11.1. The van der Waals surface area contributed by atoms with Gasteiger partial charge in [-0.05, 0) is 17.4 Å². The van der Waals surface area contributed by atoms with Gasteiger partial charge in [-0.1, -0.05) is 27.7 Å². The van der Waals surface area contributed by atoms with E-state index in [0.29, 0.717) is 17.8 Å². The van der Waals surface area contributed by atoms with Crippen LogP contribution in [-0.2, 0) is 0 Å². The molecule has 0 N–H and O–H groups in total. The van der Waals surface area contributed by atoms with Gasteiger partial charge in [0, 0.05) is 6.20 Å². The quantitative estimate of drug-likeness (QED) is 0.742. The van der Waals surface area contributed by atoms with Gasteiger partial charge in [-0.25, -0.2) is 4.98 Å². The highest BCUT2D eigenvalue weighted by atomic mass is 16.5. The van der Waals surface area contributed by atoms with Gasteiger partial charge in [-0.2, -0.15) is 4.98 Å². The predicted molar refractivity (Wildman–Crippen MR) is 56.8 cm³/mol. The SMILES string of the molecule is COc1ncc(C(C)C)c(C(C)C)n1. The van der Waals surface area contributed by atoms with Crippen LogP contribution in [0.4, 0.5) is 0 Å². The van der Waals surface area contributed by atoms with Crippen LogP contribution in [0.5, 0.6) is 6.01 Å². The molecule has 1 heterocycles. The van der Waals surface area contributed by atoms with Gasteiger partial charge in [-0.3, -0.25) is 0 Å². The minimum absolute atomic E-state index is 0.407. The van der Waals surface area contributed by atoms with E-state index in [9.17, 15) is 0 Å². The zero-order chi connectivity index (χ0) is 10.7. The number of hydrogen-bond donors (Lipinski definition) is 0. The van der Waals surface area contributed by atoms with Gasteiger partial charge in [0.05, 0.1) is 12.8 Å². The van der Waals surface area contributed by atoms with Gasteiger partial charge in [0.25, 0.3) is 0 Å². The molecule has 0 amide bonds. The summed E-state index contributed by atoms with van der Waals surface area (Å²) in [5, 5.41) is 0. The Morgan fingerprint density at radius 1 is 1.14 bits per heavy atom. The molecule has 0 unspecified atom stereocenters. The Kier molecular flexibility index (Phi) is 3.44. The van der Waals surface area contributed by atoms with Gasteiger partial charge in [-0.15, -0.1) is 0 Å². The van der Waals surface area contributed by atoms with Crippen molar-refractivity contribution in [2.75, 3.05) is 7.11 Å². The summed E-state index contributed by atoms with van der Waals surface area (Å²) in [6.45, 7) is 8.56. The average Bonchev–Trinajstić information content (AvgIpc) is 2.16. The van der Waals surface area contributed by atoms with Crippen LogP contribution in [0.2, 0.25) is 0 Å². The first-order valence-corrected chi connectivity index (χ1v) is 4.97. The zero-order valence-corrected chi connectivity index (χ0v) is 9.53. The van der Waals surface area contributed by atoms with Gasteiger partial charge in [0.15, 0.2) is 0 Å². The summed E-state index contributed by atoms with van der Waals surface area (Å²) >= 11 is 0. The van der Waals surface area contributed by atoms with Crippen molar-refractivity contribution in [1.82, 2.24) is 9.97 Å². The van der Waals surface area contributed by atoms with Crippen LogP contribution in [0.25, 0.3) is 0 Å². The van der Waals surface area contributed by atoms with Gasteiger partial charge in [0.1, 0.15) is 0 Å². The Hall–Kier alpha value is -1.12. The van der Waals surface area contributed by atoms with E-state index in [0.717, 1.165) is 5.69 Å². The molecule has 0 atom stereocenters. The summed E-state index contributed by atoms with van der Waals surface area (Å²) in [4.78, 5) is 8.51. The zero-order valence-electron chi connectivity index (χ0n) is 9.53. The number of hydrogen-bond acceptors (Lipinski definition) is 3. The van der Waals surface area contributed by atoms with Crippen LogP contribution in [0.1, 0.15) is 50.8 Å². The first kappa shape index (κ1) is 11.0. The van der Waals surface area contributed by atoms with Crippen molar-refractivity contribution in [2.24, 2.45) is 0 Å². The predicted octanol–water partition coefficient (Wildman–Crippen LogP) is 2.73. The molecular formula is C11H18N2O. The van der Waals surface area contributed by atoms with Crippen molar-refractivity contribution in [3.8, 4) is 6.01 Å². The van der Waals surface area contributed by atoms with E-state index in [1.807, 2.05) is 6.20 Å². The molecule has 0 spiro atoms. The molecule has 0 saturated carbocycles. The molecule has 0 aromatic carbocycles. The molecule has 0 radical (unpaired) electrons. The van der Waals surface area contributed by atoms with Crippen LogP contribution < -0.4 is 4.74 Å². The largest absolute Gasteiger partial charge is 0.467 e. The molecule has 1 aromatic heterocycles. The molecule has 0 saturated heterocycles. The van der Waals surface area contributed by atoms with Gasteiger partial charge >= 0.3 is 6.01 Å². The molecule has 0 aliphatic carbocycles. The first-order valence-electron chi connectivity index (χ1n) is 4.97. The van der Waals surface area contributed by atoms with Gasteiger partial charge < -0.3 is 4.74 Å². The molecule has 1 aromatic rings. The van der Waals surface area contributed by atoms with Crippen LogP contribution in [0.3, 0.4) is 0 Å². The van der Waals surface area contributed by atoms with Crippen LogP contribution in [0.15, 0.2) is 6.20 Å². The van der Waals surface area contributed by atoms with Crippen molar-refractivity contribution in [2.45, 2.75) is 39.5 Å². The van der Waals surface area contributed by atoms with Crippen molar-refractivity contribution in [1.29, 1.82) is 0 Å². The maximum absolute atomic E-state index is 5.02. The lowest BCUT2D eigenvalue weighted by Gasteiger charge is -2.14. The third-order valence-electron chi connectivity index (χ3n) is 2.18. The van der Waals surface area contributed by atoms with E-state index in [1.54, 1.807) is 7.11 Å². The lowest BCUT2D eigenvalue weighted by molar-refractivity contribution is 0.376. The number of nitrogens with zero attached hydrogens (tertiary/aromatic N) is 2. The van der Waals surface area contributed by atoms with Crippen molar-refractivity contribution >= 4 is 0 Å². The maximum atomic E-state index is 5.02. The van der Waals surface area contributed by atoms with E-state index >= 15 is 0 Å². The monoisotopic (exact) mass is 194 g/mol. The highest BCUT2D eigenvalue weighted by Gasteiger charge is 2.13. The topological polar surface area (TPSA) is 35.0 Å². The lowest BCUT2D eigenvalue weighted by atomic mass is 9.97. The second-order valence-corrected chi connectivity index (χ2v) is 4.01. The third kappa shape index (κ3) is 2.22. The van der Waals surface area contributed by atoms with E-state index in [1.165, 1.54) is 5.56 Å². The molecule has 1 rings (SSSR count). The minimum atomic E-state index is 0.407. The Bertz CT molecular complexity index is 308. The van der Waals surface area contributed by atoms with Crippen molar-refractivity contribution < 1.29 is 4.74 Å². The Balaban J connectivity index is 3.17. The second-order valence-electron chi connectivity index (χ2n) is 4.01. The number of rotatable bonds is 3. The minimum Gasteiger partial charge on any atom is -0.467 e. The smallest absolute Gasteiger partial charge is 0.316 e. The summed E-state index contributed by atoms with van der Waals surface area (Å²) in [6.07, 6.45) is 1.87. The average molecular weight is 194 g/mol. The summed E-state index contributed by atoms with van der Waals surface area (Å²) in [7, 11) is 1.59. The van der Waals surface area contributed by atoms with E-state index in [4.69, 9.17) is 4.74 Å². The Morgan fingerprint density at radius 2 is 1.79 bits per heavy atom. The lowest BCUT2D eigenvalue weighted by Crippen LogP contribution is -2.05. The molecule has 78 valence electrons. The van der Waals surface area contributed by atoms with Crippen molar-refractivity contribution in [3.63, 3.8) is 0 Å².